The summed E-state index contributed by atoms with van der Waals surface area (Å²) < 4.78 is 1.52. The number of primary amides is 1. The van der Waals surface area contributed by atoms with E-state index in [2.05, 4.69) is 10.4 Å². The van der Waals surface area contributed by atoms with Crippen LogP contribution in [0.25, 0.3) is 5.52 Å². The van der Waals surface area contributed by atoms with Crippen LogP contribution in [0.15, 0.2) is 48.7 Å². The van der Waals surface area contributed by atoms with Crippen LogP contribution in [0.2, 0.25) is 5.02 Å². The van der Waals surface area contributed by atoms with E-state index in [9.17, 15) is 9.59 Å². The molecule has 0 aliphatic carbocycles. The molecule has 0 saturated carbocycles. The smallest absolute Gasteiger partial charge is 0.277 e. The molecule has 3 rings (SSSR count). The van der Waals surface area contributed by atoms with Crippen LogP contribution in [-0.4, -0.2) is 21.4 Å². The fourth-order valence-electron chi connectivity index (χ4n) is 2.05. The minimum atomic E-state index is -0.568. The van der Waals surface area contributed by atoms with Crippen molar-refractivity contribution in [2.45, 2.75) is 0 Å². The van der Waals surface area contributed by atoms with Crippen molar-refractivity contribution in [3.63, 3.8) is 0 Å². The highest BCUT2D eigenvalue weighted by Gasteiger charge is 2.18. The summed E-state index contributed by atoms with van der Waals surface area (Å²) in [6.45, 7) is 0. The van der Waals surface area contributed by atoms with Crippen molar-refractivity contribution in [1.29, 1.82) is 0 Å². The van der Waals surface area contributed by atoms with E-state index in [1.165, 1.54) is 10.6 Å². The summed E-state index contributed by atoms with van der Waals surface area (Å²) in [7, 11) is 0. The van der Waals surface area contributed by atoms with Crippen molar-refractivity contribution in [2.75, 3.05) is 5.32 Å². The summed E-state index contributed by atoms with van der Waals surface area (Å²) in [4.78, 5) is 23.5. The molecule has 2 heterocycles. The topological polar surface area (TPSA) is 89.5 Å². The van der Waals surface area contributed by atoms with Crippen LogP contribution in [0.4, 0.5) is 5.69 Å². The molecule has 3 aromatic rings. The molecule has 2 amide bonds. The van der Waals surface area contributed by atoms with Gasteiger partial charge < -0.3 is 11.1 Å². The summed E-state index contributed by atoms with van der Waals surface area (Å²) >= 11 is 6.18. The van der Waals surface area contributed by atoms with E-state index in [1.807, 2.05) is 0 Å². The standard InChI is InChI=1S/C15H11ClN4O2/c16-12-11-6-1-2-7-20(11)19-13(12)15(22)18-10-5-3-4-9(8-10)14(17)21/h1-8H,(H2,17,21)(H,18,22). The molecular formula is C15H11ClN4O2. The molecule has 0 saturated heterocycles. The second kappa shape index (κ2) is 5.50. The Morgan fingerprint density at radius 2 is 2.00 bits per heavy atom. The van der Waals surface area contributed by atoms with Crippen LogP contribution in [0.1, 0.15) is 20.8 Å². The van der Waals surface area contributed by atoms with Gasteiger partial charge in [-0.25, -0.2) is 4.52 Å². The van der Waals surface area contributed by atoms with Gasteiger partial charge in [-0.1, -0.05) is 23.7 Å². The Kier molecular flexibility index (Phi) is 3.52. The number of rotatable bonds is 3. The largest absolute Gasteiger partial charge is 0.366 e. The summed E-state index contributed by atoms with van der Waals surface area (Å²) in [6, 6.07) is 11.7. The number of carbonyl (C=O) groups excluding carboxylic acids is 2. The third-order valence-corrected chi connectivity index (χ3v) is 3.47. The fourth-order valence-corrected chi connectivity index (χ4v) is 2.33. The van der Waals surface area contributed by atoms with Gasteiger partial charge in [0.15, 0.2) is 5.69 Å². The van der Waals surface area contributed by atoms with Gasteiger partial charge in [0, 0.05) is 17.4 Å². The molecule has 0 aliphatic heterocycles. The van der Waals surface area contributed by atoms with E-state index >= 15 is 0 Å². The van der Waals surface area contributed by atoms with Gasteiger partial charge >= 0.3 is 0 Å². The Balaban J connectivity index is 1.92. The molecule has 0 bridgehead atoms. The number of halogens is 1. The molecule has 3 N–H and O–H groups in total. The van der Waals surface area contributed by atoms with Crippen LogP contribution in [0, 0.1) is 0 Å². The van der Waals surface area contributed by atoms with Gasteiger partial charge in [-0.05, 0) is 30.3 Å². The first-order chi connectivity index (χ1) is 10.6. The zero-order chi connectivity index (χ0) is 15.7. The molecule has 7 heteroatoms. The zero-order valence-electron chi connectivity index (χ0n) is 11.3. The van der Waals surface area contributed by atoms with E-state index in [0.29, 0.717) is 16.8 Å². The first-order valence-electron chi connectivity index (χ1n) is 6.40. The first-order valence-corrected chi connectivity index (χ1v) is 6.78. The SMILES string of the molecule is NC(=O)c1cccc(NC(=O)c2nn3ccccc3c2Cl)c1. The number of hydrogen-bond donors (Lipinski definition) is 2. The van der Waals surface area contributed by atoms with E-state index in [-0.39, 0.29) is 10.7 Å². The monoisotopic (exact) mass is 314 g/mol. The molecule has 0 radical (unpaired) electrons. The molecule has 0 unspecified atom stereocenters. The van der Waals surface area contributed by atoms with Gasteiger partial charge in [-0.15, -0.1) is 0 Å². The minimum Gasteiger partial charge on any atom is -0.366 e. The van der Waals surface area contributed by atoms with Crippen molar-refractivity contribution >= 4 is 34.6 Å². The van der Waals surface area contributed by atoms with Crippen LogP contribution in [-0.2, 0) is 0 Å². The Morgan fingerprint density at radius 3 is 2.73 bits per heavy atom. The average molecular weight is 315 g/mol. The highest BCUT2D eigenvalue weighted by Crippen LogP contribution is 2.22. The quantitative estimate of drug-likeness (QED) is 0.777. The van der Waals surface area contributed by atoms with Crippen LogP contribution >= 0.6 is 11.6 Å². The summed E-state index contributed by atoms with van der Waals surface area (Å²) in [5.41, 5.74) is 6.70. The molecule has 22 heavy (non-hydrogen) atoms. The third kappa shape index (κ3) is 2.51. The Morgan fingerprint density at radius 1 is 1.18 bits per heavy atom. The third-order valence-electron chi connectivity index (χ3n) is 3.10. The number of fused-ring (bicyclic) bond motifs is 1. The van der Waals surface area contributed by atoms with Gasteiger partial charge in [0.1, 0.15) is 0 Å². The van der Waals surface area contributed by atoms with Crippen molar-refractivity contribution in [3.05, 3.63) is 64.9 Å². The maximum absolute atomic E-state index is 12.3. The molecule has 0 fully saturated rings. The Hall–Kier alpha value is -2.86. The number of hydrogen-bond acceptors (Lipinski definition) is 3. The lowest BCUT2D eigenvalue weighted by Crippen LogP contribution is -2.15. The van der Waals surface area contributed by atoms with Crippen LogP contribution in [0.3, 0.4) is 0 Å². The normalized spacial score (nSPS) is 10.6. The predicted molar refractivity (Wildman–Crippen MR) is 83.1 cm³/mol. The lowest BCUT2D eigenvalue weighted by molar-refractivity contribution is 0.0995. The highest BCUT2D eigenvalue weighted by molar-refractivity contribution is 6.37. The van der Waals surface area contributed by atoms with E-state index in [0.717, 1.165) is 0 Å². The lowest BCUT2D eigenvalue weighted by atomic mass is 10.2. The number of benzene rings is 1. The van der Waals surface area contributed by atoms with Gasteiger partial charge in [0.05, 0.1) is 10.5 Å². The number of carbonyl (C=O) groups is 2. The second-order valence-corrected chi connectivity index (χ2v) is 4.97. The minimum absolute atomic E-state index is 0.109. The number of nitrogens with zero attached hydrogens (tertiary/aromatic N) is 2. The molecule has 0 atom stereocenters. The van der Waals surface area contributed by atoms with Crippen molar-refractivity contribution in [2.24, 2.45) is 5.73 Å². The fraction of sp³-hybridized carbons (Fsp3) is 0. The van der Waals surface area contributed by atoms with Gasteiger partial charge in [-0.3, -0.25) is 9.59 Å². The van der Waals surface area contributed by atoms with Gasteiger partial charge in [0.2, 0.25) is 5.91 Å². The first kappa shape index (κ1) is 14.1. The number of amides is 2. The number of nitrogens with one attached hydrogen (secondary N) is 1. The maximum Gasteiger partial charge on any atom is 0.277 e. The van der Waals surface area contributed by atoms with Crippen molar-refractivity contribution < 1.29 is 9.59 Å². The van der Waals surface area contributed by atoms with E-state index in [1.54, 1.807) is 42.6 Å². The second-order valence-electron chi connectivity index (χ2n) is 4.59. The summed E-state index contributed by atoms with van der Waals surface area (Å²) in [6.07, 6.45) is 1.70. The molecule has 2 aromatic heterocycles. The molecule has 0 spiro atoms. The molecule has 110 valence electrons. The highest BCUT2D eigenvalue weighted by atomic mass is 35.5. The van der Waals surface area contributed by atoms with Crippen molar-refractivity contribution in [3.8, 4) is 0 Å². The van der Waals surface area contributed by atoms with Crippen LogP contribution < -0.4 is 11.1 Å². The summed E-state index contributed by atoms with van der Waals surface area (Å²) in [5.74, 6) is -1.03. The maximum atomic E-state index is 12.3. The number of nitrogens with two attached hydrogens (primary N) is 1. The summed E-state index contributed by atoms with van der Waals surface area (Å²) in [5, 5.41) is 7.06. The zero-order valence-corrected chi connectivity index (χ0v) is 12.0. The average Bonchev–Trinajstić information content (AvgIpc) is 2.85. The van der Waals surface area contributed by atoms with Gasteiger partial charge in [0.25, 0.3) is 5.91 Å². The van der Waals surface area contributed by atoms with E-state index < -0.39 is 11.8 Å². The molecule has 0 aliphatic rings. The van der Waals surface area contributed by atoms with Crippen LogP contribution in [0.5, 0.6) is 0 Å². The Bertz CT molecular complexity index is 888. The molecule has 6 nitrogen and oxygen atoms in total. The predicted octanol–water partition coefficient (Wildman–Crippen LogP) is 2.34. The number of anilines is 1. The lowest BCUT2D eigenvalue weighted by Gasteiger charge is -2.04. The molecular weight excluding hydrogens is 304 g/mol. The number of pyridine rings is 1. The Labute approximate surface area is 130 Å². The van der Waals surface area contributed by atoms with Gasteiger partial charge in [-0.2, -0.15) is 5.10 Å². The van der Waals surface area contributed by atoms with E-state index in [4.69, 9.17) is 17.3 Å². The number of aromatic nitrogens is 2. The van der Waals surface area contributed by atoms with Crippen molar-refractivity contribution in [1.82, 2.24) is 9.61 Å². The molecule has 1 aromatic carbocycles.